The number of rotatable bonds is 3. The van der Waals surface area contributed by atoms with E-state index in [9.17, 15) is 0 Å². The third-order valence-corrected chi connectivity index (χ3v) is 5.45. The van der Waals surface area contributed by atoms with Crippen molar-refractivity contribution >= 4 is 27.3 Å². The summed E-state index contributed by atoms with van der Waals surface area (Å²) in [5.41, 5.74) is 0.546. The molecule has 0 aromatic carbocycles. The van der Waals surface area contributed by atoms with Crippen molar-refractivity contribution in [2.45, 2.75) is 50.8 Å². The first kappa shape index (κ1) is 11.7. The monoisotopic (exact) mass is 286 g/mol. The van der Waals surface area contributed by atoms with E-state index in [1.807, 2.05) is 11.3 Å². The van der Waals surface area contributed by atoms with Crippen molar-refractivity contribution in [3.05, 3.63) is 21.9 Å². The Balaban J connectivity index is 2.02. The van der Waals surface area contributed by atoms with E-state index in [-0.39, 0.29) is 0 Å². The Labute approximate surface area is 105 Å². The highest BCUT2D eigenvalue weighted by Gasteiger charge is 2.34. The first-order valence-corrected chi connectivity index (χ1v) is 7.56. The van der Waals surface area contributed by atoms with Crippen molar-refractivity contribution in [2.75, 3.05) is 0 Å². The summed E-state index contributed by atoms with van der Waals surface area (Å²) in [5, 5.41) is 0. The molecule has 2 unspecified atom stereocenters. The summed E-state index contributed by atoms with van der Waals surface area (Å²) >= 11 is 5.75. The molecular formula is C13H19BrS. The molecule has 1 saturated carbocycles. The number of aryl methyl sites for hydroxylation is 1. The maximum Gasteiger partial charge on any atom is 0.0151 e. The maximum atomic E-state index is 3.75. The topological polar surface area (TPSA) is 0 Å². The van der Waals surface area contributed by atoms with Crippen LogP contribution in [0.2, 0.25) is 0 Å². The number of alkyl halides is 1. The minimum absolute atomic E-state index is 0.546. The average Bonchev–Trinajstić information content (AvgIpc) is 2.74. The standard InChI is InChI=1S/C13H19BrS/c1-3-11-4-5-12(15-11)9-13(2)7-6-10(14)8-13/h4-5,10H,3,6-9H2,1-2H3. The minimum atomic E-state index is 0.546. The van der Waals surface area contributed by atoms with Gasteiger partial charge in [-0.3, -0.25) is 0 Å². The number of hydrogen-bond acceptors (Lipinski definition) is 1. The van der Waals surface area contributed by atoms with Gasteiger partial charge >= 0.3 is 0 Å². The van der Waals surface area contributed by atoms with Gasteiger partial charge in [-0.1, -0.05) is 29.8 Å². The Morgan fingerprint density at radius 3 is 2.73 bits per heavy atom. The number of halogens is 1. The van der Waals surface area contributed by atoms with Crippen LogP contribution in [-0.2, 0) is 12.8 Å². The molecule has 2 heteroatoms. The van der Waals surface area contributed by atoms with Crippen molar-refractivity contribution in [3.8, 4) is 0 Å². The third-order valence-electron chi connectivity index (χ3n) is 3.44. The van der Waals surface area contributed by atoms with E-state index in [4.69, 9.17) is 0 Å². The molecule has 0 N–H and O–H groups in total. The van der Waals surface area contributed by atoms with E-state index >= 15 is 0 Å². The molecule has 0 aliphatic heterocycles. The van der Waals surface area contributed by atoms with E-state index in [0.717, 1.165) is 4.83 Å². The Kier molecular flexibility index (Phi) is 3.56. The third kappa shape index (κ3) is 2.85. The molecule has 2 rings (SSSR count). The minimum Gasteiger partial charge on any atom is -0.145 e. The summed E-state index contributed by atoms with van der Waals surface area (Å²) in [7, 11) is 0. The van der Waals surface area contributed by atoms with Gasteiger partial charge in [-0.15, -0.1) is 11.3 Å². The van der Waals surface area contributed by atoms with Crippen LogP contribution in [0.4, 0.5) is 0 Å². The molecule has 0 saturated heterocycles. The van der Waals surface area contributed by atoms with Crippen molar-refractivity contribution in [1.82, 2.24) is 0 Å². The van der Waals surface area contributed by atoms with Crippen LogP contribution in [0.5, 0.6) is 0 Å². The van der Waals surface area contributed by atoms with Crippen LogP contribution in [0.1, 0.15) is 42.9 Å². The second kappa shape index (κ2) is 4.58. The second-order valence-corrected chi connectivity index (χ2v) is 7.60. The molecule has 1 fully saturated rings. The fourth-order valence-corrected chi connectivity index (χ4v) is 4.72. The van der Waals surface area contributed by atoms with Crippen molar-refractivity contribution < 1.29 is 0 Å². The van der Waals surface area contributed by atoms with Gasteiger partial charge in [0.2, 0.25) is 0 Å². The molecule has 84 valence electrons. The highest BCUT2D eigenvalue weighted by Crippen LogP contribution is 2.44. The van der Waals surface area contributed by atoms with Gasteiger partial charge in [0.1, 0.15) is 0 Å². The molecule has 1 aromatic rings. The highest BCUT2D eigenvalue weighted by atomic mass is 79.9. The molecule has 0 amide bonds. The van der Waals surface area contributed by atoms with Gasteiger partial charge in [-0.25, -0.2) is 0 Å². The lowest BCUT2D eigenvalue weighted by molar-refractivity contribution is 0.338. The fourth-order valence-electron chi connectivity index (χ4n) is 2.53. The molecule has 0 nitrogen and oxygen atoms in total. The predicted octanol–water partition coefficient (Wildman–Crippen LogP) is 4.81. The van der Waals surface area contributed by atoms with Crippen molar-refractivity contribution in [3.63, 3.8) is 0 Å². The summed E-state index contributed by atoms with van der Waals surface area (Å²) in [6.07, 6.45) is 6.53. The Bertz CT molecular complexity index is 331. The summed E-state index contributed by atoms with van der Waals surface area (Å²) in [5.74, 6) is 0. The largest absolute Gasteiger partial charge is 0.145 e. The Morgan fingerprint density at radius 2 is 2.20 bits per heavy atom. The zero-order valence-electron chi connectivity index (χ0n) is 9.55. The molecule has 0 radical (unpaired) electrons. The van der Waals surface area contributed by atoms with Gasteiger partial charge in [-0.2, -0.15) is 0 Å². The lowest BCUT2D eigenvalue weighted by atomic mass is 9.85. The van der Waals surface area contributed by atoms with Gasteiger partial charge < -0.3 is 0 Å². The molecule has 1 aliphatic carbocycles. The van der Waals surface area contributed by atoms with Crippen LogP contribution in [0.3, 0.4) is 0 Å². The first-order valence-electron chi connectivity index (χ1n) is 5.83. The summed E-state index contributed by atoms with van der Waals surface area (Å²) < 4.78 is 0. The molecule has 0 spiro atoms. The zero-order valence-corrected chi connectivity index (χ0v) is 12.0. The molecule has 1 aromatic heterocycles. The van der Waals surface area contributed by atoms with Gasteiger partial charge in [0.15, 0.2) is 0 Å². The Hall–Kier alpha value is 0.180. The van der Waals surface area contributed by atoms with Gasteiger partial charge in [0.05, 0.1) is 0 Å². The lowest BCUT2D eigenvalue weighted by Gasteiger charge is -2.22. The van der Waals surface area contributed by atoms with E-state index in [1.54, 1.807) is 4.88 Å². The quantitative estimate of drug-likeness (QED) is 0.700. The van der Waals surface area contributed by atoms with Gasteiger partial charge in [0, 0.05) is 14.6 Å². The summed E-state index contributed by atoms with van der Waals surface area (Å²) in [6, 6.07) is 4.63. The van der Waals surface area contributed by atoms with Crippen LogP contribution < -0.4 is 0 Å². The van der Waals surface area contributed by atoms with Crippen molar-refractivity contribution in [1.29, 1.82) is 0 Å². The van der Waals surface area contributed by atoms with E-state index in [1.165, 1.54) is 37.0 Å². The van der Waals surface area contributed by atoms with Crippen LogP contribution in [0.25, 0.3) is 0 Å². The summed E-state index contributed by atoms with van der Waals surface area (Å²) in [4.78, 5) is 3.87. The van der Waals surface area contributed by atoms with E-state index in [0.29, 0.717) is 5.41 Å². The molecule has 2 atom stereocenters. The van der Waals surface area contributed by atoms with Crippen LogP contribution in [-0.4, -0.2) is 4.83 Å². The second-order valence-electron chi connectivity index (χ2n) is 5.05. The predicted molar refractivity (Wildman–Crippen MR) is 72.1 cm³/mol. The molecule has 0 bridgehead atoms. The molecule has 1 heterocycles. The maximum absolute atomic E-state index is 3.75. The average molecular weight is 287 g/mol. The lowest BCUT2D eigenvalue weighted by Crippen LogP contribution is -2.14. The van der Waals surface area contributed by atoms with E-state index < -0.39 is 0 Å². The first-order chi connectivity index (χ1) is 7.11. The zero-order chi connectivity index (χ0) is 10.9. The summed E-state index contributed by atoms with van der Waals surface area (Å²) in [6.45, 7) is 4.68. The smallest absolute Gasteiger partial charge is 0.0151 e. The SMILES string of the molecule is CCc1ccc(CC2(C)CCC(Br)C2)s1. The molecular weight excluding hydrogens is 268 g/mol. The van der Waals surface area contributed by atoms with Crippen LogP contribution >= 0.6 is 27.3 Å². The normalized spacial score (nSPS) is 31.0. The van der Waals surface area contributed by atoms with Gasteiger partial charge in [0.25, 0.3) is 0 Å². The molecule has 15 heavy (non-hydrogen) atoms. The Morgan fingerprint density at radius 1 is 1.47 bits per heavy atom. The number of thiophene rings is 1. The van der Waals surface area contributed by atoms with Gasteiger partial charge in [-0.05, 0) is 49.7 Å². The van der Waals surface area contributed by atoms with E-state index in [2.05, 4.69) is 41.9 Å². The van der Waals surface area contributed by atoms with Crippen LogP contribution in [0.15, 0.2) is 12.1 Å². The fraction of sp³-hybridized carbons (Fsp3) is 0.692. The highest BCUT2D eigenvalue weighted by molar-refractivity contribution is 9.09. The molecule has 1 aliphatic rings. The number of hydrogen-bond donors (Lipinski definition) is 0. The van der Waals surface area contributed by atoms with Crippen LogP contribution in [0, 0.1) is 5.41 Å². The van der Waals surface area contributed by atoms with Crippen molar-refractivity contribution in [2.24, 2.45) is 5.41 Å².